The Balaban J connectivity index is 1.69. The van der Waals surface area contributed by atoms with E-state index in [2.05, 4.69) is 33.4 Å². The Kier molecular flexibility index (Phi) is 8.01. The summed E-state index contributed by atoms with van der Waals surface area (Å²) >= 11 is 3.53. The number of hydrogen-bond donors (Lipinski definition) is 1. The van der Waals surface area contributed by atoms with E-state index < -0.39 is 5.60 Å². The molecule has 1 aliphatic heterocycles. The molecule has 0 aliphatic carbocycles. The molecule has 4 nitrogen and oxygen atoms in total. The molecule has 1 aromatic rings. The number of carbonyl (C=O) groups excluding carboxylic acids is 1. The van der Waals surface area contributed by atoms with Crippen LogP contribution in [0.15, 0.2) is 34.5 Å². The van der Waals surface area contributed by atoms with Gasteiger partial charge in [0, 0.05) is 17.4 Å². The minimum Gasteiger partial charge on any atom is -0.462 e. The smallest absolute Gasteiger partial charge is 0.407 e. The molecule has 0 spiro atoms. The molecule has 1 aromatic carbocycles. The largest absolute Gasteiger partial charge is 0.462 e. The van der Waals surface area contributed by atoms with E-state index in [1.54, 1.807) is 0 Å². The number of carbonyl (C=O) groups is 1. The van der Waals surface area contributed by atoms with Gasteiger partial charge in [0.1, 0.15) is 17.1 Å². The second-order valence-electron chi connectivity index (χ2n) is 7.66. The lowest BCUT2D eigenvalue weighted by atomic mass is 10.0. The van der Waals surface area contributed by atoms with E-state index >= 15 is 0 Å². The topological polar surface area (TPSA) is 47.6 Å². The minimum absolute atomic E-state index is 0.341. The van der Waals surface area contributed by atoms with E-state index in [9.17, 15) is 4.79 Å². The molecule has 5 heteroatoms. The summed E-state index contributed by atoms with van der Waals surface area (Å²) in [4.78, 5) is 11.6. The van der Waals surface area contributed by atoms with Crippen molar-refractivity contribution in [3.63, 3.8) is 0 Å². The Hall–Kier alpha value is -1.49. The second-order valence-corrected chi connectivity index (χ2v) is 8.57. The maximum atomic E-state index is 11.6. The van der Waals surface area contributed by atoms with Crippen molar-refractivity contribution in [1.82, 2.24) is 5.32 Å². The van der Waals surface area contributed by atoms with Gasteiger partial charge in [-0.2, -0.15) is 0 Å². The van der Waals surface area contributed by atoms with E-state index in [0.717, 1.165) is 60.9 Å². The highest BCUT2D eigenvalue weighted by atomic mass is 79.9. The maximum Gasteiger partial charge on any atom is 0.407 e. The van der Waals surface area contributed by atoms with E-state index in [1.165, 1.54) is 5.56 Å². The summed E-state index contributed by atoms with van der Waals surface area (Å²) in [6, 6.07) is 6.23. The molecule has 144 valence electrons. The predicted octanol–water partition coefficient (Wildman–Crippen LogP) is 6.13. The summed E-state index contributed by atoms with van der Waals surface area (Å²) in [5.41, 5.74) is 0.823. The molecule has 0 bridgehead atoms. The van der Waals surface area contributed by atoms with E-state index in [-0.39, 0.29) is 6.09 Å². The molecule has 0 saturated heterocycles. The van der Waals surface area contributed by atoms with Crippen LogP contribution < -0.4 is 10.1 Å². The first-order chi connectivity index (χ1) is 12.3. The lowest BCUT2D eigenvalue weighted by Crippen LogP contribution is -2.32. The number of aryl methyl sites for hydroxylation is 1. The van der Waals surface area contributed by atoms with Crippen LogP contribution in [-0.2, 0) is 11.2 Å². The summed E-state index contributed by atoms with van der Waals surface area (Å²) in [5, 5.41) is 2.80. The highest BCUT2D eigenvalue weighted by Crippen LogP contribution is 2.29. The van der Waals surface area contributed by atoms with Gasteiger partial charge in [0.15, 0.2) is 0 Å². The van der Waals surface area contributed by atoms with Gasteiger partial charge in [-0.1, -0.05) is 22.4 Å². The molecule has 2 rings (SSSR count). The molecule has 26 heavy (non-hydrogen) atoms. The zero-order valence-electron chi connectivity index (χ0n) is 16.1. The molecule has 1 amide bonds. The molecule has 1 heterocycles. The fourth-order valence-electron chi connectivity index (χ4n) is 2.84. The van der Waals surface area contributed by atoms with Crippen LogP contribution in [0.25, 0.3) is 0 Å². The average molecular weight is 424 g/mol. The minimum atomic E-state index is -0.446. The summed E-state index contributed by atoms with van der Waals surface area (Å²) in [6.45, 7) is 6.25. The highest BCUT2D eigenvalue weighted by Gasteiger charge is 2.15. The number of rotatable bonds is 6. The first-order valence-electron chi connectivity index (χ1n) is 9.46. The van der Waals surface area contributed by atoms with Crippen LogP contribution in [0.3, 0.4) is 0 Å². The number of nitrogens with one attached hydrogen (secondary N) is 1. The van der Waals surface area contributed by atoms with Crippen LogP contribution in [0.2, 0.25) is 0 Å². The second kappa shape index (κ2) is 10.0. The molecule has 1 N–H and O–H groups in total. The van der Waals surface area contributed by atoms with Crippen molar-refractivity contribution < 1.29 is 14.3 Å². The van der Waals surface area contributed by atoms with Gasteiger partial charge in [-0.25, -0.2) is 4.79 Å². The van der Waals surface area contributed by atoms with E-state index in [1.807, 2.05) is 32.9 Å². The molecule has 0 radical (unpaired) electrons. The monoisotopic (exact) mass is 423 g/mol. The number of benzene rings is 1. The van der Waals surface area contributed by atoms with Crippen molar-refractivity contribution in [3.8, 4) is 5.75 Å². The van der Waals surface area contributed by atoms with Gasteiger partial charge >= 0.3 is 6.09 Å². The van der Waals surface area contributed by atoms with Crippen molar-refractivity contribution in [2.75, 3.05) is 6.54 Å². The first kappa shape index (κ1) is 20.8. The van der Waals surface area contributed by atoms with Crippen molar-refractivity contribution in [3.05, 3.63) is 40.1 Å². The van der Waals surface area contributed by atoms with Gasteiger partial charge < -0.3 is 14.8 Å². The Labute approximate surface area is 165 Å². The zero-order valence-corrected chi connectivity index (χ0v) is 17.7. The third-order valence-electron chi connectivity index (χ3n) is 4.05. The molecular formula is C21H30BrNO3. The number of amides is 1. The van der Waals surface area contributed by atoms with Crippen LogP contribution in [0.5, 0.6) is 5.75 Å². The number of allylic oxidation sites excluding steroid dienone is 2. The van der Waals surface area contributed by atoms with Crippen LogP contribution >= 0.6 is 15.9 Å². The lowest BCUT2D eigenvalue weighted by molar-refractivity contribution is 0.0527. The molecule has 0 aromatic heterocycles. The quantitative estimate of drug-likeness (QED) is 0.559. The van der Waals surface area contributed by atoms with Gasteiger partial charge in [-0.15, -0.1) is 0 Å². The van der Waals surface area contributed by atoms with E-state index in [4.69, 9.17) is 9.47 Å². The standard InChI is InChI=1S/C21H30BrNO3/c1-21(2,3)26-20(24)23-14-8-4-5-10-18-11-7-6-9-16-15-17(22)12-13-19(16)25-18/h11-13,15H,4-10,14H2,1-3H3,(H,23,24)/b18-11+. The third-order valence-corrected chi connectivity index (χ3v) is 4.55. The molecule has 0 saturated carbocycles. The Morgan fingerprint density at radius 2 is 2.08 bits per heavy atom. The number of hydrogen-bond acceptors (Lipinski definition) is 3. The number of unbranched alkanes of at least 4 members (excludes halogenated alkanes) is 2. The normalized spacial score (nSPS) is 16.4. The highest BCUT2D eigenvalue weighted by molar-refractivity contribution is 9.10. The zero-order chi connectivity index (χ0) is 19.0. The molecule has 1 aliphatic rings. The van der Waals surface area contributed by atoms with Crippen LogP contribution in [-0.4, -0.2) is 18.2 Å². The Morgan fingerprint density at radius 3 is 2.85 bits per heavy atom. The SMILES string of the molecule is CC(C)(C)OC(=O)NCCCCC/C1=C\CCCc2cc(Br)ccc2O1. The summed E-state index contributed by atoms with van der Waals surface area (Å²) < 4.78 is 12.5. The molecule has 0 unspecified atom stereocenters. The average Bonchev–Trinajstić information content (AvgIpc) is 2.52. The Morgan fingerprint density at radius 1 is 1.27 bits per heavy atom. The van der Waals surface area contributed by atoms with E-state index in [0.29, 0.717) is 6.54 Å². The summed E-state index contributed by atoms with van der Waals surface area (Å²) in [6.07, 6.45) is 9.11. The number of fused-ring (bicyclic) bond motifs is 1. The maximum absolute atomic E-state index is 11.6. The number of halogens is 1. The fraction of sp³-hybridized carbons (Fsp3) is 0.571. The lowest BCUT2D eigenvalue weighted by Gasteiger charge is -2.19. The number of ether oxygens (including phenoxy) is 2. The molecule has 0 fully saturated rings. The molecule has 0 atom stereocenters. The van der Waals surface area contributed by atoms with Gasteiger partial charge in [-0.3, -0.25) is 0 Å². The Bertz CT molecular complexity index is 635. The van der Waals surface area contributed by atoms with Gasteiger partial charge in [0.2, 0.25) is 0 Å². The summed E-state index contributed by atoms with van der Waals surface area (Å²) in [5.74, 6) is 2.04. The fourth-order valence-corrected chi connectivity index (χ4v) is 3.25. The number of alkyl carbamates (subject to hydrolysis) is 1. The van der Waals surface area contributed by atoms with Crippen molar-refractivity contribution in [2.24, 2.45) is 0 Å². The van der Waals surface area contributed by atoms with Crippen LogP contribution in [0.1, 0.15) is 64.9 Å². The van der Waals surface area contributed by atoms with Crippen LogP contribution in [0, 0.1) is 0 Å². The third kappa shape index (κ3) is 7.81. The predicted molar refractivity (Wildman–Crippen MR) is 108 cm³/mol. The van der Waals surface area contributed by atoms with Gasteiger partial charge in [0.05, 0.1) is 0 Å². The first-order valence-corrected chi connectivity index (χ1v) is 10.2. The summed E-state index contributed by atoms with van der Waals surface area (Å²) in [7, 11) is 0. The molecular weight excluding hydrogens is 394 g/mol. The van der Waals surface area contributed by atoms with Crippen molar-refractivity contribution >= 4 is 22.0 Å². The van der Waals surface area contributed by atoms with Crippen molar-refractivity contribution in [1.29, 1.82) is 0 Å². The van der Waals surface area contributed by atoms with Crippen molar-refractivity contribution in [2.45, 2.75) is 71.3 Å². The van der Waals surface area contributed by atoms with Gasteiger partial charge in [-0.05, 0) is 82.7 Å². The van der Waals surface area contributed by atoms with Crippen LogP contribution in [0.4, 0.5) is 4.79 Å². The van der Waals surface area contributed by atoms with Gasteiger partial charge in [0.25, 0.3) is 0 Å².